The van der Waals surface area contributed by atoms with E-state index < -0.39 is 0 Å². The van der Waals surface area contributed by atoms with Crippen LogP contribution in [0.2, 0.25) is 0 Å². The Balaban J connectivity index is 2.86. The van der Waals surface area contributed by atoms with Gasteiger partial charge < -0.3 is 5.32 Å². The van der Waals surface area contributed by atoms with Crippen molar-refractivity contribution in [3.8, 4) is 0 Å². The highest BCUT2D eigenvalue weighted by Crippen LogP contribution is 2.16. The Morgan fingerprint density at radius 3 is 2.47 bits per heavy atom. The van der Waals surface area contributed by atoms with Crippen molar-refractivity contribution in [2.75, 3.05) is 6.54 Å². The maximum atomic E-state index is 4.37. The van der Waals surface area contributed by atoms with Gasteiger partial charge in [0.25, 0.3) is 0 Å². The lowest BCUT2D eigenvalue weighted by molar-refractivity contribution is 0.593. The summed E-state index contributed by atoms with van der Waals surface area (Å²) in [5.41, 5.74) is 3.74. The van der Waals surface area contributed by atoms with E-state index in [4.69, 9.17) is 0 Å². The van der Waals surface area contributed by atoms with Gasteiger partial charge in [-0.15, -0.1) is 0 Å². The van der Waals surface area contributed by atoms with Gasteiger partial charge in [-0.1, -0.05) is 39.3 Å². The molecule has 17 heavy (non-hydrogen) atoms. The Morgan fingerprint density at radius 2 is 2.06 bits per heavy atom. The van der Waals surface area contributed by atoms with Crippen molar-refractivity contribution in [2.24, 2.45) is 13.0 Å². The Morgan fingerprint density at radius 1 is 1.41 bits per heavy atom. The van der Waals surface area contributed by atoms with Crippen molar-refractivity contribution in [1.29, 1.82) is 0 Å². The molecule has 0 spiro atoms. The fourth-order valence-electron chi connectivity index (χ4n) is 1.70. The normalized spacial score (nSPS) is 12.8. The first-order valence-electron chi connectivity index (χ1n) is 6.34. The second kappa shape index (κ2) is 6.01. The number of aryl methyl sites for hydroxylation is 2. The average Bonchev–Trinajstić information content (AvgIpc) is 2.51. The summed E-state index contributed by atoms with van der Waals surface area (Å²) in [7, 11) is 1.96. The zero-order chi connectivity index (χ0) is 13.0. The predicted molar refractivity (Wildman–Crippen MR) is 73.9 cm³/mol. The van der Waals surface area contributed by atoms with Crippen LogP contribution in [-0.4, -0.2) is 22.4 Å². The molecule has 0 atom stereocenters. The van der Waals surface area contributed by atoms with Crippen molar-refractivity contribution in [3.05, 3.63) is 23.0 Å². The molecule has 0 fully saturated rings. The van der Waals surface area contributed by atoms with E-state index in [0.717, 1.165) is 12.2 Å². The lowest BCUT2D eigenvalue weighted by Gasteiger charge is -2.14. The summed E-state index contributed by atoms with van der Waals surface area (Å²) in [5.74, 6) is 0.556. The van der Waals surface area contributed by atoms with E-state index in [1.807, 2.05) is 11.7 Å². The van der Waals surface area contributed by atoms with Gasteiger partial charge in [-0.25, -0.2) is 0 Å². The van der Waals surface area contributed by atoms with Crippen molar-refractivity contribution in [1.82, 2.24) is 15.1 Å². The quantitative estimate of drug-likeness (QED) is 0.850. The molecule has 0 aliphatic rings. The first kappa shape index (κ1) is 14.0. The lowest BCUT2D eigenvalue weighted by atomic mass is 10.0. The molecule has 0 aromatic carbocycles. The summed E-state index contributed by atoms with van der Waals surface area (Å²) in [6, 6.07) is 0.521. The third-order valence-electron chi connectivity index (χ3n) is 2.85. The van der Waals surface area contributed by atoms with Crippen LogP contribution in [0.15, 0.2) is 11.8 Å². The third kappa shape index (κ3) is 4.35. The minimum Gasteiger partial charge on any atom is -0.311 e. The molecule has 1 N–H and O–H groups in total. The summed E-state index contributed by atoms with van der Waals surface area (Å²) >= 11 is 0. The molecule has 1 aromatic heterocycles. The molecule has 0 unspecified atom stereocenters. The predicted octanol–water partition coefficient (Wildman–Crippen LogP) is 2.77. The van der Waals surface area contributed by atoms with E-state index in [1.165, 1.54) is 11.1 Å². The largest absolute Gasteiger partial charge is 0.311 e. The number of hydrogen-bond donors (Lipinski definition) is 1. The van der Waals surface area contributed by atoms with Crippen molar-refractivity contribution < 1.29 is 0 Å². The molecule has 3 heteroatoms. The van der Waals surface area contributed by atoms with Gasteiger partial charge in [0.2, 0.25) is 0 Å². The summed E-state index contributed by atoms with van der Waals surface area (Å²) in [5, 5.41) is 7.85. The van der Waals surface area contributed by atoms with Crippen LogP contribution in [0, 0.1) is 12.8 Å². The van der Waals surface area contributed by atoms with Crippen LogP contribution < -0.4 is 5.32 Å². The summed E-state index contributed by atoms with van der Waals surface area (Å²) in [6.45, 7) is 11.8. The Hall–Kier alpha value is -1.09. The topological polar surface area (TPSA) is 29.9 Å². The van der Waals surface area contributed by atoms with Gasteiger partial charge in [-0.3, -0.25) is 4.68 Å². The highest BCUT2D eigenvalue weighted by Gasteiger charge is 2.07. The van der Waals surface area contributed by atoms with Gasteiger partial charge >= 0.3 is 0 Å². The van der Waals surface area contributed by atoms with Crippen LogP contribution in [0.3, 0.4) is 0 Å². The molecule has 3 nitrogen and oxygen atoms in total. The minimum atomic E-state index is 0.521. The van der Waals surface area contributed by atoms with E-state index in [2.05, 4.69) is 57.3 Å². The Bertz CT molecular complexity index is 386. The number of aromatic nitrogens is 2. The molecule has 0 bridgehead atoms. The monoisotopic (exact) mass is 235 g/mol. The molecular weight excluding hydrogens is 210 g/mol. The first-order chi connectivity index (χ1) is 7.90. The van der Waals surface area contributed by atoms with Crippen LogP contribution >= 0.6 is 0 Å². The first-order valence-corrected chi connectivity index (χ1v) is 6.34. The molecule has 1 aromatic rings. The standard InChI is InChI=1S/C14H25N3/c1-10(2)13(8-15-11(3)4)7-14-9-17(6)16-12(14)5/h7,9-11,15H,8H2,1-6H3. The van der Waals surface area contributed by atoms with Gasteiger partial charge in [-0.05, 0) is 12.8 Å². The van der Waals surface area contributed by atoms with Crippen LogP contribution in [0.5, 0.6) is 0 Å². The van der Waals surface area contributed by atoms with E-state index in [-0.39, 0.29) is 0 Å². The lowest BCUT2D eigenvalue weighted by Crippen LogP contribution is -2.26. The summed E-state index contributed by atoms with van der Waals surface area (Å²) < 4.78 is 1.87. The van der Waals surface area contributed by atoms with E-state index >= 15 is 0 Å². The fourth-order valence-corrected chi connectivity index (χ4v) is 1.70. The minimum absolute atomic E-state index is 0.521. The fraction of sp³-hybridized carbons (Fsp3) is 0.643. The van der Waals surface area contributed by atoms with Gasteiger partial charge in [0.05, 0.1) is 5.69 Å². The molecule has 0 aliphatic carbocycles. The molecule has 0 saturated carbocycles. The summed E-state index contributed by atoms with van der Waals surface area (Å²) in [4.78, 5) is 0. The van der Waals surface area contributed by atoms with Crippen LogP contribution in [0.25, 0.3) is 6.08 Å². The second-order valence-corrected chi connectivity index (χ2v) is 5.25. The molecule has 0 amide bonds. The third-order valence-corrected chi connectivity index (χ3v) is 2.85. The van der Waals surface area contributed by atoms with Gasteiger partial charge in [-0.2, -0.15) is 5.10 Å². The van der Waals surface area contributed by atoms with Crippen molar-refractivity contribution in [2.45, 2.75) is 40.7 Å². The molecule has 0 aliphatic heterocycles. The smallest absolute Gasteiger partial charge is 0.0665 e. The Labute approximate surface area is 105 Å². The molecule has 1 heterocycles. The van der Waals surface area contributed by atoms with Crippen LogP contribution in [-0.2, 0) is 7.05 Å². The number of nitrogens with zero attached hydrogens (tertiary/aromatic N) is 2. The van der Waals surface area contributed by atoms with Crippen molar-refractivity contribution >= 4 is 6.08 Å². The molecule has 1 rings (SSSR count). The maximum Gasteiger partial charge on any atom is 0.0665 e. The number of hydrogen-bond acceptors (Lipinski definition) is 2. The number of nitrogens with one attached hydrogen (secondary N) is 1. The summed E-state index contributed by atoms with van der Waals surface area (Å²) in [6.07, 6.45) is 4.34. The van der Waals surface area contributed by atoms with Gasteiger partial charge in [0, 0.05) is 31.4 Å². The zero-order valence-corrected chi connectivity index (χ0v) is 11.9. The molecule has 96 valence electrons. The molecule has 0 radical (unpaired) electrons. The van der Waals surface area contributed by atoms with Crippen molar-refractivity contribution in [3.63, 3.8) is 0 Å². The highest BCUT2D eigenvalue weighted by atomic mass is 15.2. The highest BCUT2D eigenvalue weighted by molar-refractivity contribution is 5.55. The van der Waals surface area contributed by atoms with Crippen LogP contribution in [0.1, 0.15) is 39.0 Å². The molecule has 0 saturated heterocycles. The van der Waals surface area contributed by atoms with E-state index in [9.17, 15) is 0 Å². The zero-order valence-electron chi connectivity index (χ0n) is 11.9. The molecular formula is C14H25N3. The average molecular weight is 235 g/mol. The number of rotatable bonds is 5. The maximum absolute atomic E-state index is 4.37. The second-order valence-electron chi connectivity index (χ2n) is 5.25. The van der Waals surface area contributed by atoms with E-state index in [0.29, 0.717) is 12.0 Å². The van der Waals surface area contributed by atoms with Gasteiger partial charge in [0.15, 0.2) is 0 Å². The van der Waals surface area contributed by atoms with Crippen LogP contribution in [0.4, 0.5) is 0 Å². The van der Waals surface area contributed by atoms with Gasteiger partial charge in [0.1, 0.15) is 0 Å². The Kier molecular flexibility index (Phi) is 4.94. The van der Waals surface area contributed by atoms with E-state index in [1.54, 1.807) is 0 Å². The SMILES string of the molecule is Cc1nn(C)cc1C=C(CNC(C)C)C(C)C.